The van der Waals surface area contributed by atoms with Gasteiger partial charge in [0, 0.05) is 13.1 Å². The fourth-order valence-electron chi connectivity index (χ4n) is 1.70. The van der Waals surface area contributed by atoms with Crippen LogP contribution in [0, 0.1) is 13.8 Å². The highest BCUT2D eigenvalue weighted by Gasteiger charge is 2.18. The summed E-state index contributed by atoms with van der Waals surface area (Å²) in [4.78, 5) is 2.02. The number of hydrogen-bond donors (Lipinski definition) is 2. The number of hydrogen-bond acceptors (Lipinski definition) is 5. The van der Waals surface area contributed by atoms with Gasteiger partial charge in [-0.1, -0.05) is 5.16 Å². The molecule has 0 aliphatic rings. The predicted molar refractivity (Wildman–Crippen MR) is 67.6 cm³/mol. The highest BCUT2D eigenvalue weighted by molar-refractivity contribution is 6.02. The lowest BCUT2D eigenvalue weighted by Gasteiger charge is -2.23. The van der Waals surface area contributed by atoms with E-state index in [-0.39, 0.29) is 5.84 Å². The molecule has 94 valence electrons. The van der Waals surface area contributed by atoms with E-state index in [9.17, 15) is 0 Å². The first kappa shape index (κ1) is 13.2. The first-order valence-corrected chi connectivity index (χ1v) is 5.63. The second kappa shape index (κ2) is 5.47. The molecule has 1 aromatic rings. The van der Waals surface area contributed by atoms with Gasteiger partial charge < -0.3 is 15.8 Å². The van der Waals surface area contributed by atoms with Gasteiger partial charge in [0.15, 0.2) is 11.7 Å². The first-order chi connectivity index (χ1) is 8.06. The van der Waals surface area contributed by atoms with Gasteiger partial charge in [0.05, 0.1) is 11.3 Å². The van der Waals surface area contributed by atoms with Crippen LogP contribution in [0.25, 0.3) is 0 Å². The summed E-state index contributed by atoms with van der Waals surface area (Å²) < 4.78 is 0. The van der Waals surface area contributed by atoms with Gasteiger partial charge in [0.25, 0.3) is 0 Å². The number of anilines is 1. The van der Waals surface area contributed by atoms with Crippen molar-refractivity contribution >= 4 is 11.7 Å². The number of oxime groups is 1. The maximum absolute atomic E-state index is 8.85. The molecule has 6 heteroatoms. The summed E-state index contributed by atoms with van der Waals surface area (Å²) >= 11 is 0. The van der Waals surface area contributed by atoms with Crippen LogP contribution in [-0.4, -0.2) is 34.3 Å². The Morgan fingerprint density at radius 2 is 1.88 bits per heavy atom. The molecule has 1 heterocycles. The van der Waals surface area contributed by atoms with Crippen LogP contribution in [0.1, 0.15) is 30.7 Å². The number of aromatic nitrogens is 2. The molecule has 17 heavy (non-hydrogen) atoms. The van der Waals surface area contributed by atoms with E-state index in [1.54, 1.807) is 0 Å². The third-order valence-electron chi connectivity index (χ3n) is 2.86. The lowest BCUT2D eigenvalue weighted by molar-refractivity contribution is 0.318. The molecule has 0 aliphatic heterocycles. The second-order valence-corrected chi connectivity index (χ2v) is 3.77. The topological polar surface area (TPSA) is 87.6 Å². The van der Waals surface area contributed by atoms with Gasteiger partial charge in [-0.05, 0) is 33.3 Å². The lowest BCUT2D eigenvalue weighted by atomic mass is 10.1. The van der Waals surface area contributed by atoms with Gasteiger partial charge in [-0.15, -0.1) is 5.10 Å². The predicted octanol–water partition coefficient (Wildman–Crippen LogP) is 1.03. The van der Waals surface area contributed by atoms with Crippen LogP contribution in [0.3, 0.4) is 0 Å². The first-order valence-electron chi connectivity index (χ1n) is 5.63. The van der Waals surface area contributed by atoms with Crippen molar-refractivity contribution < 1.29 is 5.21 Å². The quantitative estimate of drug-likeness (QED) is 0.353. The Bertz CT molecular complexity index is 426. The number of nitrogens with two attached hydrogens (primary N) is 1. The summed E-state index contributed by atoms with van der Waals surface area (Å²) in [6.07, 6.45) is 0. The third-order valence-corrected chi connectivity index (χ3v) is 2.86. The Morgan fingerprint density at radius 1 is 1.29 bits per heavy atom. The summed E-state index contributed by atoms with van der Waals surface area (Å²) in [7, 11) is 0. The smallest absolute Gasteiger partial charge is 0.174 e. The van der Waals surface area contributed by atoms with E-state index in [1.165, 1.54) is 0 Å². The summed E-state index contributed by atoms with van der Waals surface area (Å²) in [6.45, 7) is 9.37. The minimum atomic E-state index is 0.0717. The van der Waals surface area contributed by atoms with Crippen molar-refractivity contribution in [1.82, 2.24) is 10.2 Å². The number of rotatable bonds is 4. The van der Waals surface area contributed by atoms with E-state index in [2.05, 4.69) is 15.4 Å². The highest BCUT2D eigenvalue weighted by atomic mass is 16.4. The molecule has 0 saturated carbocycles. The number of aryl methyl sites for hydroxylation is 1. The second-order valence-electron chi connectivity index (χ2n) is 3.77. The van der Waals surface area contributed by atoms with Crippen molar-refractivity contribution in [2.75, 3.05) is 18.0 Å². The average molecular weight is 237 g/mol. The molecule has 0 aliphatic carbocycles. The standard InChI is InChI=1S/C11H19N5O/c1-5-16(6-2)11-9(10(12)15-17)7(3)8(4)13-14-11/h17H,5-6H2,1-4H3,(H2,12,15). The Kier molecular flexibility index (Phi) is 4.25. The molecule has 6 nitrogen and oxygen atoms in total. The highest BCUT2D eigenvalue weighted by Crippen LogP contribution is 2.21. The van der Waals surface area contributed by atoms with Crippen LogP contribution >= 0.6 is 0 Å². The van der Waals surface area contributed by atoms with Crippen LogP contribution in [0.15, 0.2) is 5.16 Å². The van der Waals surface area contributed by atoms with Gasteiger partial charge in [-0.25, -0.2) is 0 Å². The van der Waals surface area contributed by atoms with Gasteiger partial charge in [-0.2, -0.15) is 5.10 Å². The van der Waals surface area contributed by atoms with E-state index in [0.717, 1.165) is 24.3 Å². The summed E-state index contributed by atoms with van der Waals surface area (Å²) in [6, 6.07) is 0. The van der Waals surface area contributed by atoms with Crippen LogP contribution in [0.4, 0.5) is 5.82 Å². The van der Waals surface area contributed by atoms with Crippen LogP contribution in [-0.2, 0) is 0 Å². The molecule has 0 radical (unpaired) electrons. The monoisotopic (exact) mass is 237 g/mol. The van der Waals surface area contributed by atoms with E-state index in [4.69, 9.17) is 10.9 Å². The molecule has 1 rings (SSSR count). The zero-order chi connectivity index (χ0) is 13.0. The summed E-state index contributed by atoms with van der Waals surface area (Å²) in [5, 5.41) is 20.2. The van der Waals surface area contributed by atoms with Crippen molar-refractivity contribution in [1.29, 1.82) is 0 Å². The summed E-state index contributed by atoms with van der Waals surface area (Å²) in [5.74, 6) is 0.732. The third kappa shape index (κ3) is 2.46. The Labute approximate surface area is 101 Å². The number of nitrogens with zero attached hydrogens (tertiary/aromatic N) is 4. The van der Waals surface area contributed by atoms with Crippen molar-refractivity contribution in [3.8, 4) is 0 Å². The Morgan fingerprint density at radius 3 is 2.35 bits per heavy atom. The zero-order valence-electron chi connectivity index (χ0n) is 10.7. The Hall–Kier alpha value is -1.85. The molecule has 0 aromatic carbocycles. The Balaban J connectivity index is 3.45. The molecule has 0 bridgehead atoms. The summed E-state index contributed by atoms with van der Waals surface area (Å²) in [5.41, 5.74) is 8.04. The average Bonchev–Trinajstić information content (AvgIpc) is 2.34. The lowest BCUT2D eigenvalue weighted by Crippen LogP contribution is -2.29. The van der Waals surface area contributed by atoms with Crippen LogP contribution < -0.4 is 10.6 Å². The van der Waals surface area contributed by atoms with Crippen molar-refractivity contribution in [2.45, 2.75) is 27.7 Å². The van der Waals surface area contributed by atoms with E-state index in [1.807, 2.05) is 32.6 Å². The molecule has 0 spiro atoms. The van der Waals surface area contributed by atoms with Crippen molar-refractivity contribution in [3.05, 3.63) is 16.8 Å². The van der Waals surface area contributed by atoms with E-state index >= 15 is 0 Å². The van der Waals surface area contributed by atoms with Gasteiger partial charge in [-0.3, -0.25) is 0 Å². The van der Waals surface area contributed by atoms with Crippen LogP contribution in [0.5, 0.6) is 0 Å². The fraction of sp³-hybridized carbons (Fsp3) is 0.545. The number of amidine groups is 1. The van der Waals surface area contributed by atoms with Gasteiger partial charge in [0.1, 0.15) is 0 Å². The minimum Gasteiger partial charge on any atom is -0.409 e. The van der Waals surface area contributed by atoms with Crippen molar-refractivity contribution in [3.63, 3.8) is 0 Å². The maximum atomic E-state index is 8.85. The molecule has 0 saturated heterocycles. The fourth-order valence-corrected chi connectivity index (χ4v) is 1.70. The molecule has 1 aromatic heterocycles. The zero-order valence-corrected chi connectivity index (χ0v) is 10.7. The minimum absolute atomic E-state index is 0.0717. The molecule has 3 N–H and O–H groups in total. The molecule has 0 unspecified atom stereocenters. The maximum Gasteiger partial charge on any atom is 0.174 e. The van der Waals surface area contributed by atoms with Crippen LogP contribution in [0.2, 0.25) is 0 Å². The van der Waals surface area contributed by atoms with Gasteiger partial charge in [0.2, 0.25) is 0 Å². The van der Waals surface area contributed by atoms with E-state index < -0.39 is 0 Å². The van der Waals surface area contributed by atoms with Crippen molar-refractivity contribution in [2.24, 2.45) is 10.9 Å². The van der Waals surface area contributed by atoms with Gasteiger partial charge >= 0.3 is 0 Å². The van der Waals surface area contributed by atoms with E-state index in [0.29, 0.717) is 11.4 Å². The molecule has 0 amide bonds. The molecular formula is C11H19N5O. The molecule has 0 fully saturated rings. The SMILES string of the molecule is CCN(CC)c1nnc(C)c(C)c1/C(N)=N/O. The normalized spacial score (nSPS) is 11.6. The molecular weight excluding hydrogens is 218 g/mol. The molecule has 0 atom stereocenters. The largest absolute Gasteiger partial charge is 0.409 e.